The summed E-state index contributed by atoms with van der Waals surface area (Å²) >= 11 is 3.38. The summed E-state index contributed by atoms with van der Waals surface area (Å²) in [6, 6.07) is 9.36. The zero-order valence-electron chi connectivity index (χ0n) is 11.5. The molecule has 0 aromatic heterocycles. The van der Waals surface area contributed by atoms with Gasteiger partial charge in [0, 0.05) is 4.47 Å². The zero-order chi connectivity index (χ0) is 15.6. The van der Waals surface area contributed by atoms with Gasteiger partial charge in [0.15, 0.2) is 0 Å². The van der Waals surface area contributed by atoms with Gasteiger partial charge in [-0.25, -0.2) is 4.79 Å². The largest absolute Gasteiger partial charge is 0.466 e. The molecule has 0 fully saturated rings. The topological polar surface area (TPSA) is 85.3 Å². The number of nitrogens with zero attached hydrogens (tertiary/aromatic N) is 1. The molecule has 0 aliphatic carbocycles. The number of carbonyl (C=O) groups excluding carboxylic acids is 1. The molecule has 1 aliphatic heterocycles. The molecule has 1 aromatic rings. The Kier molecular flexibility index (Phi) is 4.34. The number of hydrogen-bond acceptors (Lipinski definition) is 5. The van der Waals surface area contributed by atoms with E-state index in [-0.39, 0.29) is 17.0 Å². The van der Waals surface area contributed by atoms with Crippen LogP contribution in [0.1, 0.15) is 18.4 Å². The molecule has 1 atom stereocenters. The van der Waals surface area contributed by atoms with Crippen molar-refractivity contribution in [2.45, 2.75) is 12.8 Å². The maximum Gasteiger partial charge on any atom is 0.338 e. The van der Waals surface area contributed by atoms with Gasteiger partial charge < -0.3 is 15.2 Å². The number of hydrogen-bond donors (Lipinski definition) is 1. The fourth-order valence-corrected chi connectivity index (χ4v) is 2.69. The summed E-state index contributed by atoms with van der Waals surface area (Å²) in [5.41, 5.74) is 7.02. The van der Waals surface area contributed by atoms with Crippen LogP contribution in [0.4, 0.5) is 0 Å². The van der Waals surface area contributed by atoms with Crippen LogP contribution in [0.5, 0.6) is 0 Å². The number of benzene rings is 1. The van der Waals surface area contributed by atoms with Crippen molar-refractivity contribution in [1.29, 1.82) is 5.26 Å². The Bertz CT molecular complexity index is 701. The van der Waals surface area contributed by atoms with Crippen LogP contribution < -0.4 is 5.73 Å². The lowest BCUT2D eigenvalue weighted by atomic mass is 9.83. The van der Waals surface area contributed by atoms with Crippen molar-refractivity contribution in [3.05, 3.63) is 57.1 Å². The lowest BCUT2D eigenvalue weighted by Gasteiger charge is -2.26. The number of esters is 1. The van der Waals surface area contributed by atoms with Crippen molar-refractivity contribution in [1.82, 2.24) is 0 Å². The number of allylic oxidation sites excluding steroid dienone is 2. The maximum atomic E-state index is 12.1. The van der Waals surface area contributed by atoms with E-state index in [1.807, 2.05) is 30.3 Å². The van der Waals surface area contributed by atoms with E-state index in [1.54, 1.807) is 6.92 Å². The SMILES string of the molecule is COC(=O)C1=C(C)OC(N)=C(C#N)[C@H]1c1cccc(Br)c1. The standard InChI is InChI=1S/C15H13BrN2O3/c1-8-12(15(19)20-2)13(11(7-17)14(18)21-8)9-4-3-5-10(16)6-9/h3-6,13H,18H2,1-2H3/t13-/m1/s1. The van der Waals surface area contributed by atoms with Gasteiger partial charge in [-0.15, -0.1) is 0 Å². The van der Waals surface area contributed by atoms with Crippen molar-refractivity contribution in [2.75, 3.05) is 7.11 Å². The van der Waals surface area contributed by atoms with Crippen LogP contribution in [0.2, 0.25) is 0 Å². The van der Waals surface area contributed by atoms with E-state index >= 15 is 0 Å². The third-order valence-corrected chi connectivity index (χ3v) is 3.69. The second-order valence-corrected chi connectivity index (χ2v) is 5.36. The highest BCUT2D eigenvalue weighted by Gasteiger charge is 2.35. The van der Waals surface area contributed by atoms with Gasteiger partial charge in [0.25, 0.3) is 0 Å². The quantitative estimate of drug-likeness (QED) is 0.830. The molecule has 1 aromatic carbocycles. The first-order chi connectivity index (χ1) is 9.99. The van der Waals surface area contributed by atoms with Crippen LogP contribution in [0.25, 0.3) is 0 Å². The first-order valence-corrected chi connectivity index (χ1v) is 6.91. The van der Waals surface area contributed by atoms with Crippen molar-refractivity contribution in [3.63, 3.8) is 0 Å². The minimum atomic E-state index is -0.603. The van der Waals surface area contributed by atoms with E-state index < -0.39 is 11.9 Å². The summed E-state index contributed by atoms with van der Waals surface area (Å²) in [6.45, 7) is 1.62. The third-order valence-electron chi connectivity index (χ3n) is 3.19. The Labute approximate surface area is 130 Å². The van der Waals surface area contributed by atoms with Gasteiger partial charge in [-0.05, 0) is 24.6 Å². The predicted octanol–water partition coefficient (Wildman–Crippen LogP) is 2.70. The van der Waals surface area contributed by atoms with Crippen LogP contribution in [0, 0.1) is 11.3 Å². The van der Waals surface area contributed by atoms with Gasteiger partial charge in [0.2, 0.25) is 5.88 Å². The molecule has 0 spiro atoms. The maximum absolute atomic E-state index is 12.1. The number of methoxy groups -OCH3 is 1. The van der Waals surface area contributed by atoms with Gasteiger partial charge >= 0.3 is 5.97 Å². The average Bonchev–Trinajstić information content (AvgIpc) is 2.45. The molecular weight excluding hydrogens is 336 g/mol. The Balaban J connectivity index is 2.66. The molecule has 6 heteroatoms. The van der Waals surface area contributed by atoms with Gasteiger partial charge in [0.05, 0.1) is 18.6 Å². The van der Waals surface area contributed by atoms with Crippen LogP contribution >= 0.6 is 15.9 Å². The van der Waals surface area contributed by atoms with E-state index in [1.165, 1.54) is 7.11 Å². The molecule has 0 saturated heterocycles. The summed E-state index contributed by atoms with van der Waals surface area (Å²) in [5.74, 6) is -0.803. The fourth-order valence-electron chi connectivity index (χ4n) is 2.28. The number of rotatable bonds is 2. The Morgan fingerprint density at radius 3 is 2.81 bits per heavy atom. The lowest BCUT2D eigenvalue weighted by Crippen LogP contribution is -2.25. The van der Waals surface area contributed by atoms with E-state index in [9.17, 15) is 10.1 Å². The van der Waals surface area contributed by atoms with E-state index in [2.05, 4.69) is 15.9 Å². The Hall–Kier alpha value is -2.26. The second kappa shape index (κ2) is 6.02. The van der Waals surface area contributed by atoms with E-state index in [0.717, 1.165) is 10.0 Å². The molecule has 5 nitrogen and oxygen atoms in total. The van der Waals surface area contributed by atoms with Crippen LogP contribution in [-0.2, 0) is 14.3 Å². The summed E-state index contributed by atoms with van der Waals surface area (Å²) < 4.78 is 11.0. The number of nitriles is 1. The summed E-state index contributed by atoms with van der Waals surface area (Å²) in [5, 5.41) is 9.37. The molecule has 108 valence electrons. The first kappa shape index (κ1) is 15.1. The molecule has 2 N–H and O–H groups in total. The van der Waals surface area contributed by atoms with Gasteiger partial charge in [-0.3, -0.25) is 0 Å². The zero-order valence-corrected chi connectivity index (χ0v) is 13.1. The van der Waals surface area contributed by atoms with Crippen molar-refractivity contribution in [2.24, 2.45) is 5.73 Å². The van der Waals surface area contributed by atoms with E-state index in [0.29, 0.717) is 5.76 Å². The predicted molar refractivity (Wildman–Crippen MR) is 79.5 cm³/mol. The number of ether oxygens (including phenoxy) is 2. The fraction of sp³-hybridized carbons (Fsp3) is 0.200. The Morgan fingerprint density at radius 1 is 1.52 bits per heavy atom. The molecule has 0 unspecified atom stereocenters. The van der Waals surface area contributed by atoms with Crippen LogP contribution in [0.15, 0.2) is 51.5 Å². The normalized spacial score (nSPS) is 18.1. The summed E-state index contributed by atoms with van der Waals surface area (Å²) in [6.07, 6.45) is 0. The lowest BCUT2D eigenvalue weighted by molar-refractivity contribution is -0.136. The summed E-state index contributed by atoms with van der Waals surface area (Å²) in [4.78, 5) is 12.1. The molecule has 0 radical (unpaired) electrons. The summed E-state index contributed by atoms with van der Waals surface area (Å²) in [7, 11) is 1.29. The highest BCUT2D eigenvalue weighted by molar-refractivity contribution is 9.10. The van der Waals surface area contributed by atoms with Crippen LogP contribution in [0.3, 0.4) is 0 Å². The second-order valence-electron chi connectivity index (χ2n) is 4.44. The molecule has 1 aliphatic rings. The van der Waals surface area contributed by atoms with Gasteiger partial charge in [-0.2, -0.15) is 5.26 Å². The van der Waals surface area contributed by atoms with Gasteiger partial charge in [-0.1, -0.05) is 28.1 Å². The van der Waals surface area contributed by atoms with Gasteiger partial charge in [0.1, 0.15) is 17.4 Å². The molecule has 2 rings (SSSR count). The Morgan fingerprint density at radius 2 is 2.24 bits per heavy atom. The molecule has 1 heterocycles. The first-order valence-electron chi connectivity index (χ1n) is 6.11. The third kappa shape index (κ3) is 2.78. The molecule has 21 heavy (non-hydrogen) atoms. The molecule has 0 saturated carbocycles. The number of carbonyl (C=O) groups is 1. The number of halogens is 1. The average molecular weight is 349 g/mol. The monoisotopic (exact) mass is 348 g/mol. The van der Waals surface area contributed by atoms with Crippen molar-refractivity contribution >= 4 is 21.9 Å². The minimum absolute atomic E-state index is 0.00706. The smallest absolute Gasteiger partial charge is 0.338 e. The molecular formula is C15H13BrN2O3. The van der Waals surface area contributed by atoms with Crippen LogP contribution in [-0.4, -0.2) is 13.1 Å². The minimum Gasteiger partial charge on any atom is -0.466 e. The highest BCUT2D eigenvalue weighted by atomic mass is 79.9. The highest BCUT2D eigenvalue weighted by Crippen LogP contribution is 2.39. The molecule has 0 bridgehead atoms. The molecule has 0 amide bonds. The van der Waals surface area contributed by atoms with E-state index in [4.69, 9.17) is 15.2 Å². The van der Waals surface area contributed by atoms with Crippen molar-refractivity contribution in [3.8, 4) is 6.07 Å². The number of nitrogens with two attached hydrogens (primary N) is 1. The van der Waals surface area contributed by atoms with Crippen molar-refractivity contribution < 1.29 is 14.3 Å².